The minimum Gasteiger partial charge on any atom is -0.0841 e. The molecule has 0 N–H and O–H groups in total. The summed E-state index contributed by atoms with van der Waals surface area (Å²) in [7, 11) is 0. The van der Waals surface area contributed by atoms with Crippen molar-refractivity contribution in [1.82, 2.24) is 0 Å². The Morgan fingerprint density at radius 2 is 2.10 bits per heavy atom. The fourth-order valence-electron chi connectivity index (χ4n) is 0.797. The van der Waals surface area contributed by atoms with Gasteiger partial charge in [0.15, 0.2) is 0 Å². The van der Waals surface area contributed by atoms with E-state index in [0.717, 1.165) is 6.42 Å². The minimum absolute atomic E-state index is 0.472. The molecule has 0 fully saturated rings. The molecule has 0 bridgehead atoms. The molecule has 0 aliphatic heterocycles. The van der Waals surface area contributed by atoms with Gasteiger partial charge in [-0.3, -0.25) is 0 Å². The first-order valence-electron chi connectivity index (χ1n) is 2.98. The molecule has 0 heterocycles. The molecule has 0 amide bonds. The first-order chi connectivity index (χ1) is 4.61. The summed E-state index contributed by atoms with van der Waals surface area (Å²) in [6, 6.07) is 0. The zero-order chi connectivity index (χ0) is 7.72. The molecular formula is C7H7Br3. The van der Waals surface area contributed by atoms with E-state index in [0.29, 0.717) is 4.83 Å². The highest BCUT2D eigenvalue weighted by molar-refractivity contribution is 9.12. The lowest BCUT2D eigenvalue weighted by atomic mass is 10.1. The highest BCUT2D eigenvalue weighted by Gasteiger charge is 2.13. The Morgan fingerprint density at radius 3 is 2.60 bits per heavy atom. The lowest BCUT2D eigenvalue weighted by molar-refractivity contribution is 1.03. The maximum Gasteiger partial charge on any atom is 0.0384 e. The van der Waals surface area contributed by atoms with E-state index < -0.39 is 0 Å². The second-order valence-electron chi connectivity index (χ2n) is 2.26. The predicted molar refractivity (Wildman–Crippen MR) is 56.0 cm³/mol. The van der Waals surface area contributed by atoms with Crippen molar-refractivity contribution in [3.05, 3.63) is 20.6 Å². The summed E-state index contributed by atoms with van der Waals surface area (Å²) in [5.41, 5.74) is 1.30. The Bertz CT molecular complexity index is 203. The molecule has 0 spiro atoms. The van der Waals surface area contributed by atoms with E-state index >= 15 is 0 Å². The van der Waals surface area contributed by atoms with Crippen LogP contribution in [-0.4, -0.2) is 4.83 Å². The van der Waals surface area contributed by atoms with E-state index in [9.17, 15) is 0 Å². The van der Waals surface area contributed by atoms with E-state index in [1.807, 2.05) is 0 Å². The van der Waals surface area contributed by atoms with Crippen molar-refractivity contribution in [3.63, 3.8) is 0 Å². The van der Waals surface area contributed by atoms with Crippen molar-refractivity contribution in [2.45, 2.75) is 18.2 Å². The van der Waals surface area contributed by atoms with Gasteiger partial charge in [-0.2, -0.15) is 0 Å². The van der Waals surface area contributed by atoms with Crippen molar-refractivity contribution in [2.24, 2.45) is 0 Å². The predicted octanol–water partition coefficient (Wildman–Crippen LogP) is 4.10. The lowest BCUT2D eigenvalue weighted by Crippen LogP contribution is -2.01. The number of hydrogen-bond donors (Lipinski definition) is 0. The molecule has 1 aliphatic carbocycles. The van der Waals surface area contributed by atoms with Gasteiger partial charge in [-0.15, -0.1) is 0 Å². The van der Waals surface area contributed by atoms with Crippen LogP contribution < -0.4 is 0 Å². The van der Waals surface area contributed by atoms with Gasteiger partial charge in [-0.25, -0.2) is 0 Å². The van der Waals surface area contributed by atoms with Crippen molar-refractivity contribution in [1.29, 1.82) is 0 Å². The Balaban J connectivity index is 2.90. The number of halogens is 3. The summed E-state index contributed by atoms with van der Waals surface area (Å²) in [5.74, 6) is 0. The molecular weight excluding hydrogens is 324 g/mol. The summed E-state index contributed by atoms with van der Waals surface area (Å²) in [5, 5.41) is 0. The third kappa shape index (κ3) is 1.95. The molecule has 0 aromatic heterocycles. The van der Waals surface area contributed by atoms with Crippen LogP contribution in [0.4, 0.5) is 0 Å². The van der Waals surface area contributed by atoms with Gasteiger partial charge in [0.25, 0.3) is 0 Å². The SMILES string of the molecule is CC1=C(Br)CC(Br)C=C1Br. The van der Waals surface area contributed by atoms with Crippen molar-refractivity contribution >= 4 is 47.8 Å². The van der Waals surface area contributed by atoms with Crippen LogP contribution in [-0.2, 0) is 0 Å². The van der Waals surface area contributed by atoms with E-state index in [2.05, 4.69) is 60.8 Å². The lowest BCUT2D eigenvalue weighted by Gasteiger charge is -2.14. The normalized spacial score (nSPS) is 26.8. The van der Waals surface area contributed by atoms with Crippen molar-refractivity contribution < 1.29 is 0 Å². The first-order valence-corrected chi connectivity index (χ1v) is 5.48. The van der Waals surface area contributed by atoms with Crippen LogP contribution in [0.1, 0.15) is 13.3 Å². The van der Waals surface area contributed by atoms with E-state index in [4.69, 9.17) is 0 Å². The van der Waals surface area contributed by atoms with E-state index in [1.165, 1.54) is 14.5 Å². The second kappa shape index (κ2) is 3.55. The van der Waals surface area contributed by atoms with Gasteiger partial charge in [0.2, 0.25) is 0 Å². The molecule has 0 aromatic rings. The highest BCUT2D eigenvalue weighted by Crippen LogP contribution is 2.34. The number of rotatable bonds is 0. The fourth-order valence-corrected chi connectivity index (χ4v) is 3.56. The van der Waals surface area contributed by atoms with Crippen LogP contribution in [0.2, 0.25) is 0 Å². The minimum atomic E-state index is 0.472. The third-order valence-corrected chi connectivity index (χ3v) is 3.83. The first kappa shape index (κ1) is 9.01. The van der Waals surface area contributed by atoms with Gasteiger partial charge >= 0.3 is 0 Å². The van der Waals surface area contributed by atoms with Crippen molar-refractivity contribution in [3.8, 4) is 0 Å². The molecule has 3 heteroatoms. The molecule has 0 saturated carbocycles. The summed E-state index contributed by atoms with van der Waals surface area (Å²) in [4.78, 5) is 0.472. The van der Waals surface area contributed by atoms with Crippen LogP contribution in [0.25, 0.3) is 0 Å². The van der Waals surface area contributed by atoms with E-state index in [-0.39, 0.29) is 0 Å². The average molecular weight is 331 g/mol. The van der Waals surface area contributed by atoms with Crippen molar-refractivity contribution in [2.75, 3.05) is 0 Å². The summed E-state index contributed by atoms with van der Waals surface area (Å²) in [6.45, 7) is 2.10. The van der Waals surface area contributed by atoms with E-state index in [1.54, 1.807) is 0 Å². The molecule has 1 atom stereocenters. The van der Waals surface area contributed by atoms with Gasteiger partial charge in [0.1, 0.15) is 0 Å². The summed E-state index contributed by atoms with van der Waals surface area (Å²) in [6.07, 6.45) is 3.22. The van der Waals surface area contributed by atoms with Crippen LogP contribution in [0.5, 0.6) is 0 Å². The molecule has 0 aromatic carbocycles. The number of alkyl halides is 1. The standard InChI is InChI=1S/C7H7Br3/c1-4-6(9)2-5(8)3-7(4)10/h2,5H,3H2,1H3. The zero-order valence-electron chi connectivity index (χ0n) is 5.50. The molecule has 0 saturated heterocycles. The Kier molecular flexibility index (Phi) is 3.20. The third-order valence-electron chi connectivity index (χ3n) is 1.47. The maximum absolute atomic E-state index is 3.53. The molecule has 10 heavy (non-hydrogen) atoms. The summed E-state index contributed by atoms with van der Waals surface area (Å²) >= 11 is 10.5. The average Bonchev–Trinajstić information content (AvgIpc) is 1.82. The monoisotopic (exact) mass is 328 g/mol. The molecule has 0 nitrogen and oxygen atoms in total. The van der Waals surface area contributed by atoms with Crippen LogP contribution in [0.3, 0.4) is 0 Å². The van der Waals surface area contributed by atoms with Gasteiger partial charge in [0.05, 0.1) is 0 Å². The molecule has 1 unspecified atom stereocenters. The smallest absolute Gasteiger partial charge is 0.0384 e. The second-order valence-corrected chi connectivity index (χ2v) is 5.25. The molecule has 1 aliphatic rings. The number of hydrogen-bond acceptors (Lipinski definition) is 0. The molecule has 56 valence electrons. The number of allylic oxidation sites excluding steroid dienone is 4. The van der Waals surface area contributed by atoms with Crippen LogP contribution in [0.15, 0.2) is 20.6 Å². The van der Waals surface area contributed by atoms with Gasteiger partial charge < -0.3 is 0 Å². The Labute approximate surface area is 86.1 Å². The largest absolute Gasteiger partial charge is 0.0841 e. The fraction of sp³-hybridized carbons (Fsp3) is 0.429. The van der Waals surface area contributed by atoms with Gasteiger partial charge in [-0.1, -0.05) is 53.9 Å². The molecule has 1 rings (SSSR count). The Hall–Kier alpha value is 0.920. The Morgan fingerprint density at radius 1 is 1.50 bits per heavy atom. The quantitative estimate of drug-likeness (QED) is 0.587. The topological polar surface area (TPSA) is 0 Å². The van der Waals surface area contributed by atoms with Gasteiger partial charge in [0, 0.05) is 13.8 Å². The molecule has 0 radical (unpaired) electrons. The van der Waals surface area contributed by atoms with Crippen LogP contribution in [0, 0.1) is 0 Å². The summed E-state index contributed by atoms with van der Waals surface area (Å²) < 4.78 is 2.47. The zero-order valence-corrected chi connectivity index (χ0v) is 10.3. The highest BCUT2D eigenvalue weighted by atomic mass is 79.9. The maximum atomic E-state index is 3.53. The van der Waals surface area contributed by atoms with Crippen LogP contribution >= 0.6 is 47.8 Å². The van der Waals surface area contributed by atoms with Gasteiger partial charge in [-0.05, 0) is 18.9 Å².